The Labute approximate surface area is 121 Å². The quantitative estimate of drug-likeness (QED) is 0.346. The summed E-state index contributed by atoms with van der Waals surface area (Å²) in [6.07, 6.45) is -4.68. The number of aliphatic hydroxyl groups excluding tert-OH is 3. The molecule has 4 atom stereocenters. The zero-order valence-corrected chi connectivity index (χ0v) is 11.4. The van der Waals surface area contributed by atoms with Crippen LogP contribution in [0.1, 0.15) is 6.23 Å². The van der Waals surface area contributed by atoms with Gasteiger partial charge in [-0.3, -0.25) is 14.3 Å². The Hall–Kier alpha value is -1.79. The van der Waals surface area contributed by atoms with Crippen molar-refractivity contribution >= 4 is 29.3 Å². The number of aromatic nitrogens is 4. The number of nitrogen functional groups attached to an aromatic ring is 1. The molecule has 0 aromatic carbocycles. The minimum Gasteiger partial charge on any atom is -0.394 e. The number of nitrogens with one attached hydrogen (secondary N) is 2. The number of imidazole rings is 1. The van der Waals surface area contributed by atoms with Gasteiger partial charge in [-0.25, -0.2) is 0 Å². The van der Waals surface area contributed by atoms with Crippen LogP contribution in [0.2, 0.25) is 0 Å². The third kappa shape index (κ3) is 2.06. The van der Waals surface area contributed by atoms with Gasteiger partial charge in [0.2, 0.25) is 5.95 Å². The van der Waals surface area contributed by atoms with E-state index in [1.165, 1.54) is 4.57 Å². The van der Waals surface area contributed by atoms with E-state index >= 15 is 0 Å². The smallest absolute Gasteiger partial charge is 0.278 e. The van der Waals surface area contributed by atoms with Crippen molar-refractivity contribution in [2.75, 3.05) is 12.3 Å². The van der Waals surface area contributed by atoms with Crippen molar-refractivity contribution in [3.8, 4) is 0 Å². The lowest BCUT2D eigenvalue weighted by Crippen LogP contribution is -2.33. The Morgan fingerprint density at radius 3 is 2.71 bits per heavy atom. The summed E-state index contributed by atoms with van der Waals surface area (Å²) in [6, 6.07) is 0. The molecule has 0 saturated carbocycles. The molecule has 11 heteroatoms. The van der Waals surface area contributed by atoms with Gasteiger partial charge in [-0.05, 0) is 12.2 Å². The molecule has 1 fully saturated rings. The average molecular weight is 315 g/mol. The summed E-state index contributed by atoms with van der Waals surface area (Å²) in [4.78, 5) is 20.7. The first-order valence-corrected chi connectivity index (χ1v) is 6.47. The Morgan fingerprint density at radius 2 is 2.10 bits per heavy atom. The third-order valence-corrected chi connectivity index (χ3v) is 3.67. The molecule has 3 rings (SSSR count). The lowest BCUT2D eigenvalue weighted by Gasteiger charge is -2.16. The number of anilines is 1. The predicted octanol–water partition coefficient (Wildman–Crippen LogP) is -2.02. The van der Waals surface area contributed by atoms with Crippen molar-refractivity contribution in [3.05, 3.63) is 15.1 Å². The van der Waals surface area contributed by atoms with E-state index in [2.05, 4.69) is 15.0 Å². The molecule has 0 amide bonds. The second-order valence-corrected chi connectivity index (χ2v) is 5.07. The van der Waals surface area contributed by atoms with Gasteiger partial charge < -0.3 is 30.8 Å². The highest BCUT2D eigenvalue weighted by molar-refractivity contribution is 7.71. The van der Waals surface area contributed by atoms with Crippen molar-refractivity contribution in [2.24, 2.45) is 0 Å². The molecule has 0 radical (unpaired) electrons. The van der Waals surface area contributed by atoms with Crippen molar-refractivity contribution in [3.63, 3.8) is 0 Å². The number of nitrogens with two attached hydrogens (primary N) is 1. The van der Waals surface area contributed by atoms with E-state index in [1.54, 1.807) is 0 Å². The summed E-state index contributed by atoms with van der Waals surface area (Å²) < 4.78 is 6.70. The van der Waals surface area contributed by atoms with Gasteiger partial charge >= 0.3 is 0 Å². The number of rotatable bonds is 2. The Balaban J connectivity index is 2.20. The topological polar surface area (TPSA) is 162 Å². The van der Waals surface area contributed by atoms with E-state index in [-0.39, 0.29) is 21.9 Å². The number of H-pyrrole nitrogens is 2. The maximum Gasteiger partial charge on any atom is 0.278 e. The van der Waals surface area contributed by atoms with E-state index in [4.69, 9.17) is 27.8 Å². The van der Waals surface area contributed by atoms with Crippen LogP contribution in [0.4, 0.5) is 5.95 Å². The molecule has 21 heavy (non-hydrogen) atoms. The second kappa shape index (κ2) is 4.89. The van der Waals surface area contributed by atoms with Crippen LogP contribution in [-0.4, -0.2) is 59.8 Å². The molecule has 10 nitrogen and oxygen atoms in total. The number of aliphatic hydroxyl groups is 3. The summed E-state index contributed by atoms with van der Waals surface area (Å²) in [5.41, 5.74) is 5.15. The number of ether oxygens (including phenoxy) is 1. The van der Waals surface area contributed by atoms with E-state index in [0.29, 0.717) is 0 Å². The molecule has 1 saturated heterocycles. The molecule has 114 valence electrons. The number of fused-ring (bicyclic) bond motifs is 1. The highest BCUT2D eigenvalue weighted by Crippen LogP contribution is 2.31. The third-order valence-electron chi connectivity index (χ3n) is 3.37. The molecule has 3 heterocycles. The lowest BCUT2D eigenvalue weighted by atomic mass is 10.1. The predicted molar refractivity (Wildman–Crippen MR) is 73.0 cm³/mol. The fraction of sp³-hybridized carbons (Fsp3) is 0.500. The zero-order chi connectivity index (χ0) is 15.3. The highest BCUT2D eigenvalue weighted by Gasteiger charge is 2.44. The average Bonchev–Trinajstić information content (AvgIpc) is 2.89. The van der Waals surface area contributed by atoms with Gasteiger partial charge in [-0.15, -0.1) is 0 Å². The monoisotopic (exact) mass is 315 g/mol. The first kappa shape index (κ1) is 14.2. The van der Waals surface area contributed by atoms with E-state index in [9.17, 15) is 15.0 Å². The van der Waals surface area contributed by atoms with Crippen molar-refractivity contribution < 1.29 is 20.1 Å². The molecule has 2 aromatic rings. The minimum atomic E-state index is -1.34. The van der Waals surface area contributed by atoms with Gasteiger partial charge in [-0.2, -0.15) is 4.98 Å². The number of hydrogen-bond donors (Lipinski definition) is 6. The van der Waals surface area contributed by atoms with Gasteiger partial charge in [0.05, 0.1) is 6.61 Å². The molecule has 1 aliphatic heterocycles. The number of hydrogen-bond acceptors (Lipinski definition) is 8. The minimum absolute atomic E-state index is 0.0726. The van der Waals surface area contributed by atoms with Crippen molar-refractivity contribution in [1.82, 2.24) is 19.5 Å². The Bertz CT molecular complexity index is 797. The van der Waals surface area contributed by atoms with Crippen molar-refractivity contribution in [2.45, 2.75) is 24.5 Å². The van der Waals surface area contributed by atoms with Crippen LogP contribution in [0.25, 0.3) is 11.2 Å². The van der Waals surface area contributed by atoms with Gasteiger partial charge in [-0.1, -0.05) is 0 Å². The molecule has 0 aliphatic carbocycles. The van der Waals surface area contributed by atoms with Crippen LogP contribution in [0, 0.1) is 4.77 Å². The maximum atomic E-state index is 11.8. The normalized spacial score (nSPS) is 29.3. The fourth-order valence-electron chi connectivity index (χ4n) is 2.36. The molecule has 0 unspecified atom stereocenters. The van der Waals surface area contributed by atoms with Gasteiger partial charge in [0.15, 0.2) is 22.2 Å². The SMILES string of the molecule is Nc1nc2c([nH]c(=S)n2[C@@H]2O[C@H](CO)[C@H](O)[C@H]2O)c(=O)[nH]1. The van der Waals surface area contributed by atoms with Crippen molar-refractivity contribution in [1.29, 1.82) is 0 Å². The Kier molecular flexibility index (Phi) is 3.30. The molecular weight excluding hydrogens is 302 g/mol. The number of nitrogens with zero attached hydrogens (tertiary/aromatic N) is 2. The van der Waals surface area contributed by atoms with E-state index in [1.807, 2.05) is 0 Å². The second-order valence-electron chi connectivity index (χ2n) is 4.68. The molecule has 2 aromatic heterocycles. The molecule has 0 spiro atoms. The lowest BCUT2D eigenvalue weighted by molar-refractivity contribution is -0.0516. The zero-order valence-electron chi connectivity index (χ0n) is 10.6. The number of aromatic amines is 2. The molecule has 7 N–H and O–H groups in total. The Morgan fingerprint density at radius 1 is 1.38 bits per heavy atom. The van der Waals surface area contributed by atoms with Crippen LogP contribution in [0.5, 0.6) is 0 Å². The first-order chi connectivity index (χ1) is 9.93. The summed E-state index contributed by atoms with van der Waals surface area (Å²) in [7, 11) is 0. The van der Waals surface area contributed by atoms with E-state index < -0.39 is 36.7 Å². The van der Waals surface area contributed by atoms with Crippen LogP contribution in [0.15, 0.2) is 4.79 Å². The summed E-state index contributed by atoms with van der Waals surface area (Å²) >= 11 is 5.10. The van der Waals surface area contributed by atoms with Crippen LogP contribution < -0.4 is 11.3 Å². The highest BCUT2D eigenvalue weighted by atomic mass is 32.1. The first-order valence-electron chi connectivity index (χ1n) is 6.06. The van der Waals surface area contributed by atoms with Gasteiger partial charge in [0, 0.05) is 0 Å². The van der Waals surface area contributed by atoms with E-state index in [0.717, 1.165) is 0 Å². The van der Waals surface area contributed by atoms with Crippen LogP contribution in [0.3, 0.4) is 0 Å². The molecule has 0 bridgehead atoms. The molecular formula is C10H13N5O5S. The van der Waals surface area contributed by atoms with Gasteiger partial charge in [0.25, 0.3) is 5.56 Å². The van der Waals surface area contributed by atoms with Crippen LogP contribution >= 0.6 is 12.2 Å². The summed E-state index contributed by atoms with van der Waals surface area (Å²) in [5, 5.41) is 28.9. The fourth-order valence-corrected chi connectivity index (χ4v) is 2.65. The summed E-state index contributed by atoms with van der Waals surface area (Å²) in [5.74, 6) is -0.123. The van der Waals surface area contributed by atoms with Crippen LogP contribution in [-0.2, 0) is 4.74 Å². The largest absolute Gasteiger partial charge is 0.394 e. The molecule has 1 aliphatic rings. The standard InChI is InChI=1S/C10H13N5O5S/c11-9-13-6-3(7(19)14-9)12-10(21)15(6)8-5(18)4(17)2(1-16)20-8/h2,4-5,8,16-18H,1H2,(H,12,21)(H3,11,13,14,19)/t2-,4+,5-,8-/m1/s1. The summed E-state index contributed by atoms with van der Waals surface area (Å²) in [6.45, 7) is -0.472. The van der Waals surface area contributed by atoms with Gasteiger partial charge in [0.1, 0.15) is 18.3 Å². The maximum absolute atomic E-state index is 11.8.